The normalized spacial score (nSPS) is 10.4. The monoisotopic (exact) mass is 378 g/mol. The molecule has 144 valence electrons. The molecule has 1 aromatic heterocycles. The van der Waals surface area contributed by atoms with Crippen molar-refractivity contribution in [1.29, 1.82) is 0 Å². The molecule has 0 aliphatic rings. The lowest BCUT2D eigenvalue weighted by atomic mass is 10.2. The Kier molecular flexibility index (Phi) is 6.01. The van der Waals surface area contributed by atoms with Crippen LogP contribution in [0.1, 0.15) is 20.8 Å². The minimum atomic E-state index is -0.130. The number of rotatable bonds is 7. The molecule has 8 nitrogen and oxygen atoms in total. The fraction of sp³-hybridized carbons (Fsp3) is 0.200. The van der Waals surface area contributed by atoms with Crippen LogP contribution >= 0.6 is 0 Å². The van der Waals surface area contributed by atoms with E-state index in [1.165, 1.54) is 13.1 Å². The summed E-state index contributed by atoms with van der Waals surface area (Å²) in [5, 5.41) is 17.1. The number of benzene rings is 2. The number of carbonyl (C=O) groups excluding carboxylic acids is 1. The number of hydrogen-bond donors (Lipinski definition) is 3. The highest BCUT2D eigenvalue weighted by atomic mass is 16.5. The molecule has 0 saturated heterocycles. The molecule has 0 radical (unpaired) electrons. The van der Waals surface area contributed by atoms with Gasteiger partial charge in [-0.05, 0) is 44.2 Å². The highest BCUT2D eigenvalue weighted by Gasteiger charge is 2.08. The average Bonchev–Trinajstić information content (AvgIpc) is 2.63. The van der Waals surface area contributed by atoms with Gasteiger partial charge in [0.25, 0.3) is 0 Å². The van der Waals surface area contributed by atoms with Gasteiger partial charge >= 0.3 is 0 Å². The van der Waals surface area contributed by atoms with Crippen LogP contribution in [0.3, 0.4) is 0 Å². The van der Waals surface area contributed by atoms with Crippen molar-refractivity contribution in [3.63, 3.8) is 0 Å². The van der Waals surface area contributed by atoms with Crippen LogP contribution in [-0.4, -0.2) is 27.2 Å². The molecule has 0 atom stereocenters. The lowest BCUT2D eigenvalue weighted by molar-refractivity contribution is -0.114. The highest BCUT2D eigenvalue weighted by Crippen LogP contribution is 2.27. The number of nitrogens with one attached hydrogen (secondary N) is 3. The van der Waals surface area contributed by atoms with Gasteiger partial charge in [-0.25, -0.2) is 0 Å². The molecule has 8 heteroatoms. The van der Waals surface area contributed by atoms with E-state index >= 15 is 0 Å². The van der Waals surface area contributed by atoms with E-state index in [1.807, 2.05) is 62.4 Å². The van der Waals surface area contributed by atoms with Gasteiger partial charge in [-0.3, -0.25) is 4.79 Å². The summed E-state index contributed by atoms with van der Waals surface area (Å²) in [5.74, 6) is 1.43. The van der Waals surface area contributed by atoms with Crippen LogP contribution in [0, 0.1) is 0 Å². The van der Waals surface area contributed by atoms with Gasteiger partial charge in [0, 0.05) is 18.3 Å². The second-order valence-electron chi connectivity index (χ2n) is 6.34. The molecule has 0 fully saturated rings. The third-order valence-corrected chi connectivity index (χ3v) is 3.51. The van der Waals surface area contributed by atoms with E-state index < -0.39 is 0 Å². The Labute approximate surface area is 163 Å². The molecule has 0 aliphatic carbocycles. The van der Waals surface area contributed by atoms with Crippen molar-refractivity contribution in [2.45, 2.75) is 26.9 Å². The van der Waals surface area contributed by atoms with Crippen molar-refractivity contribution >= 4 is 34.7 Å². The number of aromatic nitrogens is 3. The Morgan fingerprint density at radius 2 is 1.82 bits per heavy atom. The van der Waals surface area contributed by atoms with Gasteiger partial charge in [-0.15, -0.1) is 5.10 Å². The van der Waals surface area contributed by atoms with Gasteiger partial charge in [0.05, 0.1) is 18.0 Å². The van der Waals surface area contributed by atoms with E-state index in [9.17, 15) is 4.79 Å². The number of anilines is 5. The summed E-state index contributed by atoms with van der Waals surface area (Å²) in [7, 11) is 0. The maximum Gasteiger partial charge on any atom is 0.249 e. The summed E-state index contributed by atoms with van der Waals surface area (Å²) in [4.78, 5) is 15.7. The molecule has 0 saturated carbocycles. The van der Waals surface area contributed by atoms with Crippen molar-refractivity contribution < 1.29 is 9.53 Å². The summed E-state index contributed by atoms with van der Waals surface area (Å²) in [6.45, 7) is 5.40. The minimum Gasteiger partial charge on any atom is -0.489 e. The number of amides is 1. The van der Waals surface area contributed by atoms with Gasteiger partial charge in [-0.1, -0.05) is 18.2 Å². The summed E-state index contributed by atoms with van der Waals surface area (Å²) < 4.78 is 5.80. The number of nitrogens with zero attached hydrogens (tertiary/aromatic N) is 3. The standard InChI is InChI=1S/C20H22N6O2/c1-13(2)28-18-10-5-4-9-17(18)24-20-25-19(12-21-26-20)23-16-8-6-7-15(11-16)22-14(3)27/h4-13H,1-3H3,(H,22,27)(H2,23,24,25,26). The smallest absolute Gasteiger partial charge is 0.249 e. The van der Waals surface area contributed by atoms with Crippen molar-refractivity contribution in [2.75, 3.05) is 16.0 Å². The van der Waals surface area contributed by atoms with Crippen LogP contribution < -0.4 is 20.7 Å². The first-order valence-electron chi connectivity index (χ1n) is 8.87. The van der Waals surface area contributed by atoms with Crippen molar-refractivity contribution in [3.05, 3.63) is 54.7 Å². The average molecular weight is 378 g/mol. The predicted molar refractivity (Wildman–Crippen MR) is 109 cm³/mol. The minimum absolute atomic E-state index is 0.0471. The van der Waals surface area contributed by atoms with Crippen LogP contribution in [0.2, 0.25) is 0 Å². The highest BCUT2D eigenvalue weighted by molar-refractivity contribution is 5.89. The van der Waals surface area contributed by atoms with Gasteiger partial charge in [0.15, 0.2) is 5.82 Å². The summed E-state index contributed by atoms with van der Waals surface area (Å²) >= 11 is 0. The topological polar surface area (TPSA) is 101 Å². The van der Waals surface area contributed by atoms with E-state index in [0.717, 1.165) is 11.4 Å². The van der Waals surface area contributed by atoms with Crippen molar-refractivity contribution in [2.24, 2.45) is 0 Å². The molecule has 3 rings (SSSR count). The summed E-state index contributed by atoms with van der Waals surface area (Å²) in [5.41, 5.74) is 2.21. The van der Waals surface area contributed by atoms with Crippen LogP contribution in [0.15, 0.2) is 54.7 Å². The molecule has 1 heterocycles. The van der Waals surface area contributed by atoms with E-state index in [0.29, 0.717) is 23.2 Å². The zero-order chi connectivity index (χ0) is 19.9. The van der Waals surface area contributed by atoms with E-state index in [4.69, 9.17) is 4.74 Å². The molecule has 3 aromatic rings. The first-order valence-corrected chi connectivity index (χ1v) is 8.87. The van der Waals surface area contributed by atoms with Crippen molar-refractivity contribution in [3.8, 4) is 5.75 Å². The Morgan fingerprint density at radius 3 is 2.61 bits per heavy atom. The zero-order valence-corrected chi connectivity index (χ0v) is 15.9. The summed E-state index contributed by atoms with van der Waals surface area (Å²) in [6.07, 6.45) is 1.57. The molecule has 3 N–H and O–H groups in total. The largest absolute Gasteiger partial charge is 0.489 e. The van der Waals surface area contributed by atoms with Crippen LogP contribution in [0.5, 0.6) is 5.75 Å². The fourth-order valence-electron chi connectivity index (χ4n) is 2.49. The van der Waals surface area contributed by atoms with E-state index in [1.54, 1.807) is 0 Å². The van der Waals surface area contributed by atoms with Gasteiger partial charge in [-0.2, -0.15) is 10.1 Å². The van der Waals surface area contributed by atoms with Crippen LogP contribution in [-0.2, 0) is 4.79 Å². The lowest BCUT2D eigenvalue weighted by Gasteiger charge is -2.14. The maximum absolute atomic E-state index is 11.2. The van der Waals surface area contributed by atoms with E-state index in [2.05, 4.69) is 31.1 Å². The molecular weight excluding hydrogens is 356 g/mol. The molecule has 0 unspecified atom stereocenters. The Bertz CT molecular complexity index is 961. The predicted octanol–water partition coefficient (Wildman–Crippen LogP) is 4.10. The first-order chi connectivity index (χ1) is 13.5. The van der Waals surface area contributed by atoms with Crippen LogP contribution in [0.4, 0.5) is 28.8 Å². The number of carbonyl (C=O) groups is 1. The SMILES string of the molecule is CC(=O)Nc1cccc(Nc2cnnc(Nc3ccccc3OC(C)C)n2)c1. The molecule has 0 bridgehead atoms. The molecule has 1 amide bonds. The number of hydrogen-bond acceptors (Lipinski definition) is 7. The Morgan fingerprint density at radius 1 is 1.04 bits per heavy atom. The van der Waals surface area contributed by atoms with Gasteiger partial charge in [0.2, 0.25) is 11.9 Å². The fourth-order valence-corrected chi connectivity index (χ4v) is 2.49. The number of para-hydroxylation sites is 2. The molecule has 0 spiro atoms. The first kappa shape index (κ1) is 19.1. The molecule has 0 aliphatic heterocycles. The second kappa shape index (κ2) is 8.81. The van der Waals surface area contributed by atoms with Gasteiger partial charge in [0.1, 0.15) is 5.75 Å². The van der Waals surface area contributed by atoms with Crippen LogP contribution in [0.25, 0.3) is 0 Å². The molecule has 2 aromatic carbocycles. The lowest BCUT2D eigenvalue weighted by Crippen LogP contribution is -2.08. The molecular formula is C20H22N6O2. The Hall–Kier alpha value is -3.68. The Balaban J connectivity index is 1.76. The third-order valence-electron chi connectivity index (χ3n) is 3.51. The maximum atomic E-state index is 11.2. The van der Waals surface area contributed by atoms with E-state index in [-0.39, 0.29) is 12.0 Å². The summed E-state index contributed by atoms with van der Waals surface area (Å²) in [6, 6.07) is 14.9. The third kappa shape index (κ3) is 5.41. The quantitative estimate of drug-likeness (QED) is 0.569. The number of ether oxygens (including phenoxy) is 1. The van der Waals surface area contributed by atoms with Gasteiger partial charge < -0.3 is 20.7 Å². The zero-order valence-electron chi connectivity index (χ0n) is 15.9. The van der Waals surface area contributed by atoms with Crippen molar-refractivity contribution in [1.82, 2.24) is 15.2 Å². The second-order valence-corrected chi connectivity index (χ2v) is 6.34. The molecule has 28 heavy (non-hydrogen) atoms.